The molecule has 1 amide bonds. The van der Waals surface area contributed by atoms with Crippen LogP contribution in [-0.2, 0) is 13.1 Å². The molecule has 2 aliphatic heterocycles. The van der Waals surface area contributed by atoms with Crippen molar-refractivity contribution < 1.29 is 13.9 Å². The van der Waals surface area contributed by atoms with E-state index in [2.05, 4.69) is 32.5 Å². The van der Waals surface area contributed by atoms with E-state index in [4.69, 9.17) is 4.74 Å². The first-order valence-corrected chi connectivity index (χ1v) is 10.9. The maximum absolute atomic E-state index is 13.5. The predicted octanol–water partition coefficient (Wildman–Crippen LogP) is 3.94. The van der Waals surface area contributed by atoms with Crippen molar-refractivity contribution in [1.29, 1.82) is 0 Å². The molecular formula is C26H21FN4O2. The van der Waals surface area contributed by atoms with Gasteiger partial charge < -0.3 is 10.1 Å². The molecule has 0 aliphatic carbocycles. The Kier molecular flexibility index (Phi) is 4.77. The van der Waals surface area contributed by atoms with Gasteiger partial charge in [-0.1, -0.05) is 18.2 Å². The van der Waals surface area contributed by atoms with Gasteiger partial charge in [-0.2, -0.15) is 10.2 Å². The van der Waals surface area contributed by atoms with Gasteiger partial charge in [0.15, 0.2) is 0 Å². The van der Waals surface area contributed by atoms with Crippen LogP contribution in [0.25, 0.3) is 22.0 Å². The molecule has 4 aromatic rings. The summed E-state index contributed by atoms with van der Waals surface area (Å²) in [6.07, 6.45) is 1.76. The minimum absolute atomic E-state index is 0.0543. The number of rotatable bonds is 5. The molecule has 1 aromatic heterocycles. The average molecular weight is 440 g/mol. The number of likely N-dealkylation sites (tertiary alicyclic amines) is 1. The Morgan fingerprint density at radius 1 is 1.03 bits per heavy atom. The lowest BCUT2D eigenvalue weighted by atomic mass is 9.98. The molecule has 3 heterocycles. The first-order chi connectivity index (χ1) is 16.1. The van der Waals surface area contributed by atoms with E-state index < -0.39 is 0 Å². The summed E-state index contributed by atoms with van der Waals surface area (Å²) in [5, 5.41) is 12.0. The summed E-state index contributed by atoms with van der Waals surface area (Å²) in [6.45, 7) is 2.95. The Morgan fingerprint density at radius 2 is 1.88 bits per heavy atom. The van der Waals surface area contributed by atoms with Crippen LogP contribution >= 0.6 is 0 Å². The van der Waals surface area contributed by atoms with Crippen molar-refractivity contribution in [2.45, 2.75) is 19.2 Å². The molecule has 2 aliphatic rings. The first-order valence-electron chi connectivity index (χ1n) is 10.9. The topological polar surface area (TPSA) is 67.3 Å². The lowest BCUT2D eigenvalue weighted by Crippen LogP contribution is -2.53. The molecular weight excluding hydrogens is 419 g/mol. The third-order valence-electron chi connectivity index (χ3n) is 6.25. The number of aromatic nitrogens is 2. The first kappa shape index (κ1) is 19.8. The normalized spacial score (nSPS) is 15.8. The van der Waals surface area contributed by atoms with Gasteiger partial charge in [0.2, 0.25) is 0 Å². The quantitative estimate of drug-likeness (QED) is 0.509. The number of nitrogens with one attached hydrogen (secondary N) is 1. The van der Waals surface area contributed by atoms with Gasteiger partial charge in [-0.15, -0.1) is 0 Å². The van der Waals surface area contributed by atoms with Crippen LogP contribution < -0.4 is 10.1 Å². The average Bonchev–Trinajstić information content (AvgIpc) is 3.17. The summed E-state index contributed by atoms with van der Waals surface area (Å²) in [6, 6.07) is 18.3. The molecule has 1 N–H and O–H groups in total. The zero-order valence-electron chi connectivity index (χ0n) is 17.8. The van der Waals surface area contributed by atoms with E-state index in [-0.39, 0.29) is 17.8 Å². The number of amides is 1. The molecule has 0 unspecified atom stereocenters. The van der Waals surface area contributed by atoms with Gasteiger partial charge in [0, 0.05) is 42.7 Å². The number of ether oxygens (including phenoxy) is 1. The fourth-order valence-corrected chi connectivity index (χ4v) is 4.50. The minimum Gasteiger partial charge on any atom is -0.487 e. The van der Waals surface area contributed by atoms with Crippen LogP contribution in [-0.4, -0.2) is 40.2 Å². The number of fused-ring (bicyclic) bond motifs is 2. The highest BCUT2D eigenvalue weighted by atomic mass is 19.1. The minimum atomic E-state index is -0.296. The number of hydrogen-bond donors (Lipinski definition) is 1. The fraction of sp³-hybridized carbons (Fsp3) is 0.192. The third-order valence-corrected chi connectivity index (χ3v) is 6.25. The van der Waals surface area contributed by atoms with Crippen molar-refractivity contribution in [2.75, 3.05) is 13.1 Å². The predicted molar refractivity (Wildman–Crippen MR) is 122 cm³/mol. The molecule has 0 saturated carbocycles. The van der Waals surface area contributed by atoms with Gasteiger partial charge in [-0.3, -0.25) is 9.69 Å². The molecule has 3 aromatic carbocycles. The maximum atomic E-state index is 13.5. The van der Waals surface area contributed by atoms with Gasteiger partial charge in [0.1, 0.15) is 17.7 Å². The van der Waals surface area contributed by atoms with E-state index in [0.29, 0.717) is 12.1 Å². The van der Waals surface area contributed by atoms with Gasteiger partial charge in [0.05, 0.1) is 11.7 Å². The molecule has 0 bridgehead atoms. The molecule has 6 nitrogen and oxygen atoms in total. The summed E-state index contributed by atoms with van der Waals surface area (Å²) in [5.41, 5.74) is 5.32. The van der Waals surface area contributed by atoms with E-state index in [1.165, 1.54) is 17.7 Å². The van der Waals surface area contributed by atoms with E-state index in [1.807, 2.05) is 24.3 Å². The van der Waals surface area contributed by atoms with Crippen LogP contribution in [0.4, 0.5) is 4.39 Å². The number of carbonyl (C=O) groups is 1. The number of benzene rings is 3. The monoisotopic (exact) mass is 440 g/mol. The summed E-state index contributed by atoms with van der Waals surface area (Å²) >= 11 is 0. The van der Waals surface area contributed by atoms with Crippen LogP contribution in [0.1, 0.15) is 21.5 Å². The van der Waals surface area contributed by atoms with E-state index >= 15 is 0 Å². The van der Waals surface area contributed by atoms with E-state index in [0.717, 1.165) is 53.0 Å². The van der Waals surface area contributed by atoms with Crippen LogP contribution in [0.3, 0.4) is 0 Å². The Balaban J connectivity index is 1.19. The van der Waals surface area contributed by atoms with Crippen LogP contribution in [0.5, 0.6) is 5.75 Å². The largest absolute Gasteiger partial charge is 0.487 e. The molecule has 0 radical (unpaired) electrons. The van der Waals surface area contributed by atoms with Gasteiger partial charge in [-0.05, 0) is 59.2 Å². The molecule has 1 saturated heterocycles. The highest BCUT2D eigenvalue weighted by molar-refractivity contribution is 6.00. The van der Waals surface area contributed by atoms with Gasteiger partial charge in [-0.25, -0.2) is 4.39 Å². The smallest absolute Gasteiger partial charge is 0.251 e. The summed E-state index contributed by atoms with van der Waals surface area (Å²) < 4.78 is 19.8. The van der Waals surface area contributed by atoms with Crippen molar-refractivity contribution in [3.8, 4) is 16.9 Å². The Labute approximate surface area is 190 Å². The Hall–Kier alpha value is -3.84. The maximum Gasteiger partial charge on any atom is 0.251 e. The summed E-state index contributed by atoms with van der Waals surface area (Å²) in [4.78, 5) is 14.5. The van der Waals surface area contributed by atoms with Crippen molar-refractivity contribution >= 4 is 16.8 Å². The third kappa shape index (κ3) is 3.81. The SMILES string of the molecule is O=C1NCc2cc(OC3CN(Cc4ccc5nnccc5c4)C3)c(-c3ccc(F)cc3)cc21. The molecule has 6 rings (SSSR count). The van der Waals surface area contributed by atoms with Crippen molar-refractivity contribution in [2.24, 2.45) is 0 Å². The Bertz CT molecular complexity index is 1370. The van der Waals surface area contributed by atoms with E-state index in [9.17, 15) is 9.18 Å². The van der Waals surface area contributed by atoms with Gasteiger partial charge in [0.25, 0.3) is 5.91 Å². The molecule has 1 fully saturated rings. The molecule has 0 spiro atoms. The molecule has 33 heavy (non-hydrogen) atoms. The summed E-state index contributed by atoms with van der Waals surface area (Å²) in [5.74, 6) is 0.345. The number of hydrogen-bond acceptors (Lipinski definition) is 5. The highest BCUT2D eigenvalue weighted by Crippen LogP contribution is 2.36. The lowest BCUT2D eigenvalue weighted by molar-refractivity contribution is 0.0149. The molecule has 7 heteroatoms. The zero-order valence-corrected chi connectivity index (χ0v) is 17.8. The van der Waals surface area contributed by atoms with E-state index in [1.54, 1.807) is 18.3 Å². The second-order valence-electron chi connectivity index (χ2n) is 8.55. The summed E-state index contributed by atoms with van der Waals surface area (Å²) in [7, 11) is 0. The fourth-order valence-electron chi connectivity index (χ4n) is 4.50. The van der Waals surface area contributed by atoms with Crippen molar-refractivity contribution in [1.82, 2.24) is 20.4 Å². The zero-order chi connectivity index (χ0) is 22.4. The number of nitrogens with zero attached hydrogens (tertiary/aromatic N) is 3. The van der Waals surface area contributed by atoms with Gasteiger partial charge >= 0.3 is 0 Å². The number of carbonyl (C=O) groups excluding carboxylic acids is 1. The standard InChI is InChI=1S/C26H21FN4O2/c27-20-4-2-17(3-5-20)22-11-23-19(12-28-26(23)32)10-25(22)33-21-14-31(15-21)13-16-1-6-24-18(9-16)7-8-29-30-24/h1-11,21H,12-15H2,(H,28,32). The van der Waals surface area contributed by atoms with Crippen molar-refractivity contribution in [3.63, 3.8) is 0 Å². The highest BCUT2D eigenvalue weighted by Gasteiger charge is 2.30. The second kappa shape index (κ2) is 7.94. The Morgan fingerprint density at radius 3 is 2.73 bits per heavy atom. The second-order valence-corrected chi connectivity index (χ2v) is 8.55. The molecule has 0 atom stereocenters. The van der Waals surface area contributed by atoms with Crippen LogP contribution in [0.15, 0.2) is 66.9 Å². The van der Waals surface area contributed by atoms with Crippen molar-refractivity contribution in [3.05, 3.63) is 89.4 Å². The van der Waals surface area contributed by atoms with Crippen LogP contribution in [0, 0.1) is 5.82 Å². The molecule has 164 valence electrons. The lowest BCUT2D eigenvalue weighted by Gasteiger charge is -2.39. The number of halogens is 1. The van der Waals surface area contributed by atoms with Crippen LogP contribution in [0.2, 0.25) is 0 Å².